The smallest absolute Gasteiger partial charge is 0.0549 e. The highest BCUT2D eigenvalue weighted by Gasteiger charge is 2.38. The predicted molar refractivity (Wildman–Crippen MR) is 284 cm³/mol. The van der Waals surface area contributed by atoms with E-state index in [9.17, 15) is 0 Å². The number of hydrogen-bond acceptors (Lipinski definition) is 1. The van der Waals surface area contributed by atoms with E-state index < -0.39 is 0 Å². The Labute approximate surface area is 391 Å². The fourth-order valence-corrected chi connectivity index (χ4v) is 11.1. The lowest BCUT2D eigenvalue weighted by atomic mass is 9.81. The lowest BCUT2D eigenvalue weighted by Gasteiger charge is -2.27. The molecule has 1 aliphatic carbocycles. The van der Waals surface area contributed by atoms with Crippen molar-refractivity contribution in [2.24, 2.45) is 0 Å². The number of benzene rings is 11. The second-order valence-electron chi connectivity index (χ2n) is 18.5. The van der Waals surface area contributed by atoms with Gasteiger partial charge < -0.3 is 9.47 Å². The summed E-state index contributed by atoms with van der Waals surface area (Å²) in [5.41, 5.74) is 19.2. The number of aromatic nitrogens is 1. The Balaban J connectivity index is 0.979. The van der Waals surface area contributed by atoms with Gasteiger partial charge in [-0.25, -0.2) is 0 Å². The lowest BCUT2D eigenvalue weighted by molar-refractivity contribution is 0.660. The van der Waals surface area contributed by atoms with Gasteiger partial charge >= 0.3 is 0 Å². The van der Waals surface area contributed by atoms with Gasteiger partial charge in [-0.2, -0.15) is 0 Å². The van der Waals surface area contributed by atoms with Crippen LogP contribution in [0.25, 0.3) is 93.5 Å². The Morgan fingerprint density at radius 3 is 1.64 bits per heavy atom. The van der Waals surface area contributed by atoms with E-state index in [0.717, 1.165) is 17.1 Å². The van der Waals surface area contributed by atoms with Gasteiger partial charge in [-0.15, -0.1) is 0 Å². The van der Waals surface area contributed by atoms with Crippen LogP contribution in [-0.2, 0) is 5.41 Å². The fraction of sp³-hybridized carbons (Fsp3) is 0.0462. The van der Waals surface area contributed by atoms with Crippen LogP contribution in [0.3, 0.4) is 0 Å². The lowest BCUT2D eigenvalue weighted by Crippen LogP contribution is -2.15. The number of para-hydroxylation sites is 2. The van der Waals surface area contributed by atoms with Crippen LogP contribution in [0.1, 0.15) is 25.0 Å². The maximum absolute atomic E-state index is 2.51. The minimum atomic E-state index is -0.196. The van der Waals surface area contributed by atoms with Crippen LogP contribution in [-0.4, -0.2) is 4.57 Å². The summed E-state index contributed by atoms with van der Waals surface area (Å²) in [6.45, 7) is 4.77. The van der Waals surface area contributed by atoms with Gasteiger partial charge in [-0.1, -0.05) is 196 Å². The van der Waals surface area contributed by atoms with Gasteiger partial charge in [0.25, 0.3) is 0 Å². The van der Waals surface area contributed by atoms with E-state index in [2.05, 4.69) is 266 Å². The van der Waals surface area contributed by atoms with Gasteiger partial charge in [0.15, 0.2) is 0 Å². The number of fused-ring (bicyclic) bond motifs is 9. The summed E-state index contributed by atoms with van der Waals surface area (Å²) in [5.74, 6) is 0. The molecule has 11 aromatic carbocycles. The van der Waals surface area contributed by atoms with E-state index in [0.29, 0.717) is 0 Å². The van der Waals surface area contributed by atoms with Crippen molar-refractivity contribution in [1.29, 1.82) is 0 Å². The highest BCUT2D eigenvalue weighted by atomic mass is 15.1. The SMILES string of the molecule is CC1(C)c2ccccc2-c2c(-n3c4ccccc4c4ccccc43)cc(-c3cccc(N(c4ccc(-c5ccccc5)cc4)c4ccc(-c5cccc6c5ccc5ccccc56)cc4)c3)cc21. The largest absolute Gasteiger partial charge is 0.310 e. The number of hydrogen-bond donors (Lipinski definition) is 0. The van der Waals surface area contributed by atoms with E-state index in [4.69, 9.17) is 0 Å². The van der Waals surface area contributed by atoms with E-state index in [1.165, 1.54) is 105 Å². The maximum Gasteiger partial charge on any atom is 0.0549 e. The molecular formula is C65H46N2. The molecule has 0 bridgehead atoms. The molecule has 1 heterocycles. The van der Waals surface area contributed by atoms with Crippen molar-refractivity contribution in [2.45, 2.75) is 19.3 Å². The zero-order chi connectivity index (χ0) is 44.6. The van der Waals surface area contributed by atoms with Crippen molar-refractivity contribution in [3.05, 3.63) is 254 Å². The summed E-state index contributed by atoms with van der Waals surface area (Å²) in [6.07, 6.45) is 0. The van der Waals surface area contributed by atoms with Crippen molar-refractivity contribution in [2.75, 3.05) is 4.90 Å². The molecule has 2 heteroatoms. The van der Waals surface area contributed by atoms with Crippen LogP contribution in [0, 0.1) is 0 Å². The maximum atomic E-state index is 2.51. The molecule has 0 spiro atoms. The Kier molecular flexibility index (Phi) is 8.91. The predicted octanol–water partition coefficient (Wildman–Crippen LogP) is 17.9. The second kappa shape index (κ2) is 15.3. The van der Waals surface area contributed by atoms with E-state index in [-0.39, 0.29) is 5.41 Å². The standard InChI is InChI=1S/C65H46N2/c1-65(2)59-27-11-8-24-58(59)64-60(65)41-48(42-63(64)67-61-28-12-9-22-56(61)57-23-10-13-29-62(57)67)47-19-14-20-51(40-47)66(49-35-30-44(31-36-49)43-16-4-3-5-17-43)50-37-32-46(33-38-50)53-25-15-26-54-52-21-7-6-18-45(52)34-39-55(53)54/h3-42H,1-2H3. The highest BCUT2D eigenvalue weighted by molar-refractivity contribution is 6.12. The number of rotatable bonds is 7. The molecule has 0 atom stereocenters. The molecule has 0 radical (unpaired) electrons. The molecule has 316 valence electrons. The van der Waals surface area contributed by atoms with E-state index >= 15 is 0 Å². The van der Waals surface area contributed by atoms with E-state index in [1.807, 2.05) is 0 Å². The molecule has 13 rings (SSSR count). The summed E-state index contributed by atoms with van der Waals surface area (Å²) < 4.78 is 2.51. The zero-order valence-electron chi connectivity index (χ0n) is 37.5. The average molecular weight is 855 g/mol. The van der Waals surface area contributed by atoms with Crippen LogP contribution in [0.4, 0.5) is 17.1 Å². The molecule has 0 unspecified atom stereocenters. The van der Waals surface area contributed by atoms with Crippen LogP contribution in [0.5, 0.6) is 0 Å². The first kappa shape index (κ1) is 39.0. The topological polar surface area (TPSA) is 8.17 Å². The third-order valence-electron chi connectivity index (χ3n) is 14.4. The third-order valence-corrected chi connectivity index (χ3v) is 14.4. The number of anilines is 3. The Hall–Kier alpha value is -8.46. The van der Waals surface area contributed by atoms with Gasteiger partial charge in [-0.3, -0.25) is 0 Å². The average Bonchev–Trinajstić information content (AvgIpc) is 3.85. The zero-order valence-corrected chi connectivity index (χ0v) is 37.5. The molecule has 67 heavy (non-hydrogen) atoms. The molecule has 0 aliphatic heterocycles. The monoisotopic (exact) mass is 854 g/mol. The highest BCUT2D eigenvalue weighted by Crippen LogP contribution is 2.53. The molecule has 2 nitrogen and oxygen atoms in total. The first-order chi connectivity index (χ1) is 33.0. The fourth-order valence-electron chi connectivity index (χ4n) is 11.1. The van der Waals surface area contributed by atoms with E-state index in [1.54, 1.807) is 0 Å². The van der Waals surface area contributed by atoms with Gasteiger partial charge in [0, 0.05) is 38.8 Å². The Morgan fingerprint density at radius 2 is 0.896 bits per heavy atom. The summed E-state index contributed by atoms with van der Waals surface area (Å²) in [5, 5.41) is 7.60. The minimum Gasteiger partial charge on any atom is -0.310 e. The minimum absolute atomic E-state index is 0.196. The molecule has 0 fully saturated rings. The summed E-state index contributed by atoms with van der Waals surface area (Å²) in [6, 6.07) is 89.4. The van der Waals surface area contributed by atoms with Gasteiger partial charge in [-0.05, 0) is 132 Å². The van der Waals surface area contributed by atoms with Crippen LogP contribution >= 0.6 is 0 Å². The summed E-state index contributed by atoms with van der Waals surface area (Å²) in [4.78, 5) is 2.40. The molecule has 1 aromatic heterocycles. The van der Waals surface area contributed by atoms with Crippen LogP contribution in [0.15, 0.2) is 243 Å². The van der Waals surface area contributed by atoms with Crippen LogP contribution < -0.4 is 4.90 Å². The first-order valence-corrected chi connectivity index (χ1v) is 23.3. The van der Waals surface area contributed by atoms with Crippen LogP contribution in [0.2, 0.25) is 0 Å². The molecule has 0 saturated heterocycles. The quantitative estimate of drug-likeness (QED) is 0.145. The second-order valence-corrected chi connectivity index (χ2v) is 18.5. The first-order valence-electron chi connectivity index (χ1n) is 23.3. The summed E-state index contributed by atoms with van der Waals surface area (Å²) in [7, 11) is 0. The van der Waals surface area contributed by atoms with Gasteiger partial charge in [0.05, 0.1) is 16.7 Å². The molecule has 0 saturated carbocycles. The third kappa shape index (κ3) is 6.25. The number of nitrogens with zero attached hydrogens (tertiary/aromatic N) is 2. The molecule has 0 N–H and O–H groups in total. The normalized spacial score (nSPS) is 12.7. The Bertz CT molecular complexity index is 3820. The molecule has 0 amide bonds. The molecule has 12 aromatic rings. The van der Waals surface area contributed by atoms with Crippen molar-refractivity contribution in [3.63, 3.8) is 0 Å². The molecule has 1 aliphatic rings. The van der Waals surface area contributed by atoms with Crippen molar-refractivity contribution >= 4 is 60.4 Å². The Morgan fingerprint density at radius 1 is 0.328 bits per heavy atom. The molecular weight excluding hydrogens is 809 g/mol. The summed E-state index contributed by atoms with van der Waals surface area (Å²) >= 11 is 0. The van der Waals surface area contributed by atoms with Crippen molar-refractivity contribution in [3.8, 4) is 50.2 Å². The van der Waals surface area contributed by atoms with Crippen molar-refractivity contribution < 1.29 is 0 Å². The van der Waals surface area contributed by atoms with Gasteiger partial charge in [0.2, 0.25) is 0 Å². The van der Waals surface area contributed by atoms with Gasteiger partial charge in [0.1, 0.15) is 0 Å². The van der Waals surface area contributed by atoms with Crippen molar-refractivity contribution in [1.82, 2.24) is 4.57 Å².